The van der Waals surface area contributed by atoms with Crippen molar-refractivity contribution in [3.05, 3.63) is 57.5 Å². The molecule has 16 heavy (non-hydrogen) atoms. The molecule has 0 aliphatic carbocycles. The third-order valence-electron chi connectivity index (χ3n) is 2.67. The summed E-state index contributed by atoms with van der Waals surface area (Å²) in [5.41, 5.74) is 2.79. The Labute approximate surface area is 102 Å². The number of hydrogen-bond acceptors (Lipinski definition) is 2. The molecule has 0 spiro atoms. The maximum Gasteiger partial charge on any atom is 0.229 e. The first-order valence-corrected chi connectivity index (χ1v) is 5.74. The molecule has 0 aliphatic heterocycles. The normalized spacial score (nSPS) is 10.4. The zero-order valence-electron chi connectivity index (χ0n) is 9.08. The molecule has 1 aromatic carbocycles. The van der Waals surface area contributed by atoms with Gasteiger partial charge in [0.05, 0.1) is 10.7 Å². The summed E-state index contributed by atoms with van der Waals surface area (Å²) < 4.78 is 5.87. The summed E-state index contributed by atoms with van der Waals surface area (Å²) >= 11 is 3.29. The lowest BCUT2D eigenvalue weighted by Gasteiger charge is -2.05. The van der Waals surface area contributed by atoms with E-state index in [-0.39, 0.29) is 5.78 Å². The van der Waals surface area contributed by atoms with Crippen LogP contribution in [0, 0.1) is 13.8 Å². The molecule has 0 unspecified atom stereocenters. The summed E-state index contributed by atoms with van der Waals surface area (Å²) in [5, 5.41) is 0. The van der Waals surface area contributed by atoms with Gasteiger partial charge in [0.25, 0.3) is 0 Å². The van der Waals surface area contributed by atoms with Crippen LogP contribution in [-0.4, -0.2) is 5.78 Å². The smallest absolute Gasteiger partial charge is 0.229 e. The molecule has 0 saturated carbocycles. The summed E-state index contributed by atoms with van der Waals surface area (Å²) in [7, 11) is 0. The van der Waals surface area contributed by atoms with Crippen LogP contribution in [0.2, 0.25) is 0 Å². The van der Waals surface area contributed by atoms with Crippen molar-refractivity contribution < 1.29 is 9.21 Å². The number of ketones is 1. The third kappa shape index (κ3) is 1.83. The van der Waals surface area contributed by atoms with Gasteiger partial charge in [-0.15, -0.1) is 0 Å². The van der Waals surface area contributed by atoms with Gasteiger partial charge in [-0.25, -0.2) is 0 Å². The van der Waals surface area contributed by atoms with Crippen molar-refractivity contribution in [3.63, 3.8) is 0 Å². The molecule has 0 amide bonds. The van der Waals surface area contributed by atoms with E-state index in [4.69, 9.17) is 4.42 Å². The van der Waals surface area contributed by atoms with Crippen LogP contribution < -0.4 is 0 Å². The molecule has 0 aliphatic rings. The third-order valence-corrected chi connectivity index (χ3v) is 3.30. The van der Waals surface area contributed by atoms with E-state index in [1.807, 2.05) is 32.0 Å². The standard InChI is InChI=1S/C13H11BrO2/c1-8-4-3-5-10(9(8)2)12(15)13-11(14)6-7-16-13/h3-7H,1-2H3. The van der Waals surface area contributed by atoms with E-state index in [1.165, 1.54) is 6.26 Å². The second-order valence-corrected chi connectivity index (χ2v) is 4.53. The highest BCUT2D eigenvalue weighted by molar-refractivity contribution is 9.10. The van der Waals surface area contributed by atoms with Gasteiger partial charge in [0.2, 0.25) is 5.78 Å². The van der Waals surface area contributed by atoms with Crippen LogP contribution in [0.4, 0.5) is 0 Å². The van der Waals surface area contributed by atoms with E-state index < -0.39 is 0 Å². The Kier molecular flexibility index (Phi) is 2.97. The molecule has 1 heterocycles. The van der Waals surface area contributed by atoms with Gasteiger partial charge < -0.3 is 4.42 Å². The SMILES string of the molecule is Cc1cccc(C(=O)c2occc2Br)c1C. The Hall–Kier alpha value is -1.35. The van der Waals surface area contributed by atoms with Crippen LogP contribution in [0.1, 0.15) is 27.2 Å². The highest BCUT2D eigenvalue weighted by Crippen LogP contribution is 2.23. The summed E-state index contributed by atoms with van der Waals surface area (Å²) in [5.74, 6) is 0.270. The number of carbonyl (C=O) groups is 1. The predicted molar refractivity (Wildman–Crippen MR) is 65.8 cm³/mol. The Bertz CT molecular complexity index is 541. The fourth-order valence-corrected chi connectivity index (χ4v) is 1.96. The molecular formula is C13H11BrO2. The lowest BCUT2D eigenvalue weighted by molar-refractivity contribution is 0.101. The van der Waals surface area contributed by atoms with Crippen molar-refractivity contribution >= 4 is 21.7 Å². The number of furan rings is 1. The van der Waals surface area contributed by atoms with E-state index in [9.17, 15) is 4.79 Å². The molecule has 0 fully saturated rings. The van der Waals surface area contributed by atoms with Crippen molar-refractivity contribution in [2.24, 2.45) is 0 Å². The van der Waals surface area contributed by atoms with Crippen molar-refractivity contribution in [1.82, 2.24) is 0 Å². The van der Waals surface area contributed by atoms with Crippen molar-refractivity contribution in [2.75, 3.05) is 0 Å². The molecule has 2 nitrogen and oxygen atoms in total. The van der Waals surface area contributed by atoms with Crippen LogP contribution in [0.15, 0.2) is 39.4 Å². The van der Waals surface area contributed by atoms with E-state index in [0.29, 0.717) is 15.8 Å². The maximum atomic E-state index is 12.2. The van der Waals surface area contributed by atoms with Gasteiger partial charge in [-0.2, -0.15) is 0 Å². The second-order valence-electron chi connectivity index (χ2n) is 3.67. The van der Waals surface area contributed by atoms with Gasteiger partial charge in [-0.3, -0.25) is 4.79 Å². The fraction of sp³-hybridized carbons (Fsp3) is 0.154. The van der Waals surface area contributed by atoms with Gasteiger partial charge in [0, 0.05) is 5.56 Å². The first-order chi connectivity index (χ1) is 7.61. The van der Waals surface area contributed by atoms with E-state index in [0.717, 1.165) is 11.1 Å². The van der Waals surface area contributed by atoms with Crippen LogP contribution in [-0.2, 0) is 0 Å². The molecule has 1 aromatic heterocycles. The number of rotatable bonds is 2. The Morgan fingerprint density at radius 3 is 2.62 bits per heavy atom. The molecule has 0 atom stereocenters. The zero-order chi connectivity index (χ0) is 11.7. The van der Waals surface area contributed by atoms with Gasteiger partial charge in [-0.05, 0) is 47.0 Å². The molecule has 82 valence electrons. The topological polar surface area (TPSA) is 30.2 Å². The predicted octanol–water partition coefficient (Wildman–Crippen LogP) is 3.89. The maximum absolute atomic E-state index is 12.2. The summed E-state index contributed by atoms with van der Waals surface area (Å²) in [6.45, 7) is 3.93. The molecule has 3 heteroatoms. The average Bonchev–Trinajstić information content (AvgIpc) is 2.68. The van der Waals surface area contributed by atoms with Crippen LogP contribution in [0.3, 0.4) is 0 Å². The first kappa shape index (κ1) is 11.1. The summed E-state index contributed by atoms with van der Waals surface area (Å²) in [6.07, 6.45) is 1.50. The molecule has 0 saturated heterocycles. The van der Waals surface area contributed by atoms with E-state index >= 15 is 0 Å². The number of carbonyl (C=O) groups excluding carboxylic acids is 1. The van der Waals surface area contributed by atoms with Gasteiger partial charge >= 0.3 is 0 Å². The Morgan fingerprint density at radius 2 is 2.00 bits per heavy atom. The minimum absolute atomic E-state index is 0.0851. The van der Waals surface area contributed by atoms with Gasteiger partial charge in [0.1, 0.15) is 0 Å². The number of aryl methyl sites for hydroxylation is 1. The second kappa shape index (κ2) is 4.26. The highest BCUT2D eigenvalue weighted by Gasteiger charge is 2.18. The van der Waals surface area contributed by atoms with Crippen molar-refractivity contribution in [3.8, 4) is 0 Å². The monoisotopic (exact) mass is 278 g/mol. The van der Waals surface area contributed by atoms with Crippen LogP contribution in [0.25, 0.3) is 0 Å². The lowest BCUT2D eigenvalue weighted by Crippen LogP contribution is -2.04. The molecule has 0 N–H and O–H groups in total. The molecule has 0 bridgehead atoms. The summed E-state index contributed by atoms with van der Waals surface area (Å²) in [4.78, 5) is 12.2. The minimum atomic E-state index is -0.0851. The molecule has 0 radical (unpaired) electrons. The number of halogens is 1. The Balaban J connectivity index is 2.50. The van der Waals surface area contributed by atoms with Crippen molar-refractivity contribution in [2.45, 2.75) is 13.8 Å². The molecule has 2 rings (SSSR count). The quantitative estimate of drug-likeness (QED) is 0.781. The van der Waals surface area contributed by atoms with Gasteiger partial charge in [-0.1, -0.05) is 18.2 Å². The van der Waals surface area contributed by atoms with Crippen LogP contribution >= 0.6 is 15.9 Å². The number of benzene rings is 1. The fourth-order valence-electron chi connectivity index (χ4n) is 1.58. The molecule has 2 aromatic rings. The van der Waals surface area contributed by atoms with E-state index in [2.05, 4.69) is 15.9 Å². The molecular weight excluding hydrogens is 268 g/mol. The first-order valence-electron chi connectivity index (χ1n) is 4.95. The zero-order valence-corrected chi connectivity index (χ0v) is 10.7. The van der Waals surface area contributed by atoms with Crippen LogP contribution in [0.5, 0.6) is 0 Å². The lowest BCUT2D eigenvalue weighted by atomic mass is 9.99. The van der Waals surface area contributed by atoms with E-state index in [1.54, 1.807) is 6.07 Å². The van der Waals surface area contributed by atoms with Crippen molar-refractivity contribution in [1.29, 1.82) is 0 Å². The average molecular weight is 279 g/mol. The van der Waals surface area contributed by atoms with Gasteiger partial charge in [0.15, 0.2) is 5.76 Å². The highest BCUT2D eigenvalue weighted by atomic mass is 79.9. The largest absolute Gasteiger partial charge is 0.460 e. The Morgan fingerprint density at radius 1 is 1.25 bits per heavy atom. The minimum Gasteiger partial charge on any atom is -0.460 e. The number of hydrogen-bond donors (Lipinski definition) is 0. The summed E-state index contributed by atoms with van der Waals surface area (Å²) in [6, 6.07) is 7.41.